The van der Waals surface area contributed by atoms with Gasteiger partial charge in [0.2, 0.25) is 0 Å². The molecular formula is C24H36N4O3. The van der Waals surface area contributed by atoms with Crippen molar-refractivity contribution in [2.75, 3.05) is 60.7 Å². The summed E-state index contributed by atoms with van der Waals surface area (Å²) in [6, 6.07) is 18.1. The summed E-state index contributed by atoms with van der Waals surface area (Å²) in [5, 5.41) is 16.3. The van der Waals surface area contributed by atoms with Crippen molar-refractivity contribution in [1.82, 2.24) is 15.5 Å². The number of aliphatic hydroxyl groups excluding tert-OH is 1. The van der Waals surface area contributed by atoms with Gasteiger partial charge in [-0.25, -0.2) is 0 Å². The van der Waals surface area contributed by atoms with Gasteiger partial charge in [0.1, 0.15) is 12.4 Å². The van der Waals surface area contributed by atoms with E-state index in [0.717, 1.165) is 36.6 Å². The molecule has 2 rings (SSSR count). The molecule has 31 heavy (non-hydrogen) atoms. The Morgan fingerprint density at radius 3 is 2.55 bits per heavy atom. The molecule has 2 aromatic carbocycles. The number of ether oxygens (including phenoxy) is 2. The number of nitrogens with one attached hydrogen (secondary N) is 2. The van der Waals surface area contributed by atoms with E-state index in [9.17, 15) is 5.11 Å². The van der Waals surface area contributed by atoms with Gasteiger partial charge >= 0.3 is 0 Å². The largest absolute Gasteiger partial charge is 0.492 e. The van der Waals surface area contributed by atoms with Crippen molar-refractivity contribution in [3.63, 3.8) is 0 Å². The summed E-state index contributed by atoms with van der Waals surface area (Å²) in [5.41, 5.74) is 2.21. The molecule has 7 heteroatoms. The molecule has 0 aliphatic rings. The van der Waals surface area contributed by atoms with Crippen molar-refractivity contribution >= 4 is 5.96 Å². The number of aliphatic hydroxyl groups is 1. The Balaban J connectivity index is 1.78. The Hall–Kier alpha value is -2.61. The highest BCUT2D eigenvalue weighted by Crippen LogP contribution is 2.14. The standard InChI is InChI=1S/C24H36N4O3/c1-25-24(27-18-22(19-29)21-9-5-4-6-10-21)26-17-20-8-7-11-23(16-20)31-15-13-28(2)12-14-30-3/h4-11,16,22,29H,12-15,17-19H2,1-3H3,(H2,25,26,27). The number of aliphatic imine (C=N–C) groups is 1. The number of methoxy groups -OCH3 is 1. The van der Waals surface area contributed by atoms with E-state index in [4.69, 9.17) is 9.47 Å². The van der Waals surface area contributed by atoms with Crippen LogP contribution in [0, 0.1) is 0 Å². The minimum absolute atomic E-state index is 0.0125. The SMILES string of the molecule is CN=C(NCc1cccc(OCCN(C)CCOC)c1)NCC(CO)c1ccccc1. The van der Waals surface area contributed by atoms with Crippen LogP contribution in [0.15, 0.2) is 59.6 Å². The third-order valence-corrected chi connectivity index (χ3v) is 5.01. The Morgan fingerprint density at radius 2 is 1.84 bits per heavy atom. The molecule has 170 valence electrons. The van der Waals surface area contributed by atoms with E-state index in [2.05, 4.69) is 33.6 Å². The van der Waals surface area contributed by atoms with Crippen LogP contribution < -0.4 is 15.4 Å². The molecular weight excluding hydrogens is 392 g/mol. The van der Waals surface area contributed by atoms with E-state index in [0.29, 0.717) is 25.7 Å². The molecule has 1 atom stereocenters. The topological polar surface area (TPSA) is 78.4 Å². The van der Waals surface area contributed by atoms with Crippen LogP contribution in [0.1, 0.15) is 17.0 Å². The maximum Gasteiger partial charge on any atom is 0.191 e. The van der Waals surface area contributed by atoms with Crippen LogP contribution in [0.25, 0.3) is 0 Å². The molecule has 0 spiro atoms. The Morgan fingerprint density at radius 1 is 1.06 bits per heavy atom. The number of guanidine groups is 1. The quantitative estimate of drug-likeness (QED) is 0.335. The number of rotatable bonds is 13. The maximum atomic E-state index is 9.73. The zero-order chi connectivity index (χ0) is 22.3. The second kappa shape index (κ2) is 14.4. The van der Waals surface area contributed by atoms with Gasteiger partial charge in [-0.3, -0.25) is 4.99 Å². The van der Waals surface area contributed by atoms with E-state index in [1.807, 2.05) is 48.5 Å². The highest BCUT2D eigenvalue weighted by molar-refractivity contribution is 5.79. The molecule has 1 unspecified atom stereocenters. The van der Waals surface area contributed by atoms with Gasteiger partial charge in [0.05, 0.1) is 13.2 Å². The fraction of sp³-hybridized carbons (Fsp3) is 0.458. The third-order valence-electron chi connectivity index (χ3n) is 5.01. The minimum atomic E-state index is 0.0125. The molecule has 0 amide bonds. The summed E-state index contributed by atoms with van der Waals surface area (Å²) in [6.45, 7) is 4.38. The monoisotopic (exact) mass is 428 g/mol. The van der Waals surface area contributed by atoms with Crippen LogP contribution in [-0.2, 0) is 11.3 Å². The number of likely N-dealkylation sites (N-methyl/N-ethyl adjacent to an activating group) is 1. The first-order valence-corrected chi connectivity index (χ1v) is 10.7. The number of benzene rings is 2. The summed E-state index contributed by atoms with van der Waals surface area (Å²) < 4.78 is 11.0. The maximum absolute atomic E-state index is 9.73. The predicted octanol–water partition coefficient (Wildman–Crippen LogP) is 2.08. The summed E-state index contributed by atoms with van der Waals surface area (Å²) in [7, 11) is 5.51. The van der Waals surface area contributed by atoms with Crippen LogP contribution >= 0.6 is 0 Å². The molecule has 0 aliphatic carbocycles. The first-order valence-electron chi connectivity index (χ1n) is 10.7. The van der Waals surface area contributed by atoms with Crippen molar-refractivity contribution in [3.05, 3.63) is 65.7 Å². The van der Waals surface area contributed by atoms with Crippen molar-refractivity contribution in [2.45, 2.75) is 12.5 Å². The minimum Gasteiger partial charge on any atom is -0.492 e. The lowest BCUT2D eigenvalue weighted by Gasteiger charge is -2.18. The highest BCUT2D eigenvalue weighted by Gasteiger charge is 2.11. The van der Waals surface area contributed by atoms with Crippen molar-refractivity contribution in [2.24, 2.45) is 4.99 Å². The summed E-state index contributed by atoms with van der Waals surface area (Å²) in [5.74, 6) is 1.56. The first kappa shape index (κ1) is 24.7. The van der Waals surface area contributed by atoms with Gasteiger partial charge in [0, 0.05) is 46.3 Å². The normalized spacial score (nSPS) is 12.6. The number of nitrogens with zero attached hydrogens (tertiary/aromatic N) is 2. The van der Waals surface area contributed by atoms with Crippen molar-refractivity contribution < 1.29 is 14.6 Å². The second-order valence-corrected chi connectivity index (χ2v) is 7.39. The summed E-state index contributed by atoms with van der Waals surface area (Å²) >= 11 is 0. The van der Waals surface area contributed by atoms with Crippen LogP contribution in [0.3, 0.4) is 0 Å². The smallest absolute Gasteiger partial charge is 0.191 e. The van der Waals surface area contributed by atoms with Gasteiger partial charge in [0.25, 0.3) is 0 Å². The van der Waals surface area contributed by atoms with E-state index in [-0.39, 0.29) is 12.5 Å². The third kappa shape index (κ3) is 9.38. The average Bonchev–Trinajstić information content (AvgIpc) is 2.81. The fourth-order valence-electron chi connectivity index (χ4n) is 3.06. The Labute approximate surface area is 186 Å². The lowest BCUT2D eigenvalue weighted by atomic mass is 10.0. The molecule has 0 heterocycles. The molecule has 0 bridgehead atoms. The van der Waals surface area contributed by atoms with Gasteiger partial charge in [-0.2, -0.15) is 0 Å². The predicted molar refractivity (Wildman–Crippen MR) is 126 cm³/mol. The molecule has 2 aromatic rings. The van der Waals surface area contributed by atoms with Crippen molar-refractivity contribution in [1.29, 1.82) is 0 Å². The van der Waals surface area contributed by atoms with Crippen molar-refractivity contribution in [3.8, 4) is 5.75 Å². The van der Waals surface area contributed by atoms with Crippen LogP contribution in [0.4, 0.5) is 0 Å². The van der Waals surface area contributed by atoms with E-state index in [1.165, 1.54) is 0 Å². The fourth-order valence-corrected chi connectivity index (χ4v) is 3.06. The van der Waals surface area contributed by atoms with Gasteiger partial charge < -0.3 is 30.1 Å². The Bertz CT molecular complexity index is 770. The first-order chi connectivity index (χ1) is 15.2. The zero-order valence-corrected chi connectivity index (χ0v) is 18.9. The lowest BCUT2D eigenvalue weighted by Crippen LogP contribution is -2.39. The van der Waals surface area contributed by atoms with Gasteiger partial charge in [-0.05, 0) is 30.3 Å². The molecule has 3 N–H and O–H groups in total. The second-order valence-electron chi connectivity index (χ2n) is 7.39. The molecule has 7 nitrogen and oxygen atoms in total. The van der Waals surface area contributed by atoms with Crippen LogP contribution in [0.5, 0.6) is 5.75 Å². The van der Waals surface area contributed by atoms with E-state index >= 15 is 0 Å². The van der Waals surface area contributed by atoms with Gasteiger partial charge in [0.15, 0.2) is 5.96 Å². The number of hydrogen-bond acceptors (Lipinski definition) is 5. The molecule has 0 aliphatic heterocycles. The Kier molecular flexibility index (Phi) is 11.5. The molecule has 0 radical (unpaired) electrons. The average molecular weight is 429 g/mol. The lowest BCUT2D eigenvalue weighted by molar-refractivity contribution is 0.150. The van der Waals surface area contributed by atoms with E-state index in [1.54, 1.807) is 14.2 Å². The van der Waals surface area contributed by atoms with Crippen LogP contribution in [-0.4, -0.2) is 76.6 Å². The summed E-state index contributed by atoms with van der Waals surface area (Å²) in [4.78, 5) is 6.46. The van der Waals surface area contributed by atoms with E-state index < -0.39 is 0 Å². The van der Waals surface area contributed by atoms with Gasteiger partial charge in [-0.15, -0.1) is 0 Å². The number of hydrogen-bond donors (Lipinski definition) is 3. The molecule has 0 saturated carbocycles. The van der Waals surface area contributed by atoms with Gasteiger partial charge in [-0.1, -0.05) is 42.5 Å². The molecule has 0 saturated heterocycles. The van der Waals surface area contributed by atoms with Crippen LogP contribution in [0.2, 0.25) is 0 Å². The molecule has 0 aromatic heterocycles. The highest BCUT2D eigenvalue weighted by atomic mass is 16.5. The molecule has 0 fully saturated rings. The summed E-state index contributed by atoms with van der Waals surface area (Å²) in [6.07, 6.45) is 0. The zero-order valence-electron chi connectivity index (χ0n) is 18.9.